The van der Waals surface area contributed by atoms with Crippen LogP contribution in [0.4, 0.5) is 0 Å². The molecule has 0 atom stereocenters. The maximum atomic E-state index is 8.93. The number of aliphatic carboxylic acids is 6. The first kappa shape index (κ1) is 25.3. The molecule has 0 fully saturated rings. The van der Waals surface area contributed by atoms with Crippen LogP contribution in [-0.4, -0.2) is 35.8 Å². The number of hydrogen-bond acceptors (Lipinski definition) is 12. The molecule has 1 radical (unpaired) electrons. The van der Waals surface area contributed by atoms with Crippen LogP contribution in [-0.2, 0) is 48.9 Å². The molecule has 0 heterocycles. The van der Waals surface area contributed by atoms with E-state index in [1.54, 1.807) is 0 Å². The summed E-state index contributed by atoms with van der Waals surface area (Å²) in [7, 11) is 0. The van der Waals surface area contributed by atoms with Crippen LogP contribution < -0.4 is 30.6 Å². The fourth-order valence-corrected chi connectivity index (χ4v) is 0. The Bertz CT molecular complexity index is 277. The van der Waals surface area contributed by atoms with Gasteiger partial charge in [0.2, 0.25) is 0 Å². The predicted octanol–water partition coefficient (Wildman–Crippen LogP) is -10.5. The van der Waals surface area contributed by atoms with Gasteiger partial charge in [-0.1, -0.05) is 0 Å². The summed E-state index contributed by atoms with van der Waals surface area (Å²) in [5.74, 6) is -13.1. The maximum absolute atomic E-state index is 8.93. The van der Waals surface area contributed by atoms with Crippen LogP contribution in [0.3, 0.4) is 0 Å². The van der Waals surface area contributed by atoms with Gasteiger partial charge >= 0.3 is 0 Å². The summed E-state index contributed by atoms with van der Waals surface area (Å²) in [6, 6.07) is 0. The first-order valence-electron chi connectivity index (χ1n) is 3.20. The minimum absolute atomic E-state index is 0. The molecule has 0 aliphatic heterocycles. The van der Waals surface area contributed by atoms with Gasteiger partial charge in [0.15, 0.2) is 0 Å². The molecule has 0 unspecified atom stereocenters. The summed E-state index contributed by atoms with van der Waals surface area (Å²) in [5, 5.41) is 53.6. The van der Waals surface area contributed by atoms with Crippen molar-refractivity contribution >= 4 is 35.8 Å². The molecule has 13 heteroatoms. The van der Waals surface area contributed by atoms with Crippen molar-refractivity contribution in [1.82, 2.24) is 0 Å². The average molecular weight is 456 g/mol. The number of carbonyl (C=O) groups is 6. The van der Waals surface area contributed by atoms with Crippen LogP contribution in [0, 0.1) is 0 Å². The Morgan fingerprint density at radius 2 is 0.421 bits per heavy atom. The Hall–Kier alpha value is -2.53. The number of carboxylic acids is 6. The Morgan fingerprint density at radius 1 is 0.368 bits per heavy atom. The van der Waals surface area contributed by atoms with Gasteiger partial charge in [-0.25, -0.2) is 0 Å². The van der Waals surface area contributed by atoms with Crippen molar-refractivity contribution in [1.29, 1.82) is 0 Å². The molecule has 0 aromatic carbocycles. The summed E-state index contributed by atoms with van der Waals surface area (Å²) in [6.45, 7) is 0. The summed E-state index contributed by atoms with van der Waals surface area (Å²) < 4.78 is 0. The Morgan fingerprint density at radius 3 is 0.421 bits per heavy atom. The zero-order valence-electron chi connectivity index (χ0n) is 8.23. The summed E-state index contributed by atoms with van der Waals surface area (Å²) in [5.41, 5.74) is 0. The van der Waals surface area contributed by atoms with Gasteiger partial charge in [0, 0.05) is 20.1 Å². The number of hydrogen-bond donors (Lipinski definition) is 0. The Balaban J connectivity index is -0.0000000865. The second kappa shape index (κ2) is 13.5. The molecule has 0 amide bonds. The van der Waals surface area contributed by atoms with Crippen molar-refractivity contribution in [3.63, 3.8) is 0 Å². The summed E-state index contributed by atoms with van der Waals surface area (Å²) in [4.78, 5) is 53.6. The fraction of sp³-hybridized carbons (Fsp3) is 0. The number of carboxylic acid groups (broad SMARTS) is 6. The molecule has 0 saturated carbocycles. The molecule has 12 nitrogen and oxygen atoms in total. The van der Waals surface area contributed by atoms with Gasteiger partial charge in [-0.15, -0.1) is 0 Å². The minimum Gasteiger partial charge on any atom is -0.543 e. The molecule has 0 aromatic rings. The van der Waals surface area contributed by atoms with E-state index >= 15 is 0 Å². The van der Waals surface area contributed by atoms with Gasteiger partial charge in [-0.05, 0) is 0 Å². The van der Waals surface area contributed by atoms with Crippen LogP contribution in [0.2, 0.25) is 0 Å². The van der Waals surface area contributed by atoms with Crippen LogP contribution in [0.15, 0.2) is 0 Å². The zero-order chi connectivity index (χ0) is 15.5. The van der Waals surface area contributed by atoms with Crippen molar-refractivity contribution < 1.29 is 79.5 Å². The van der Waals surface area contributed by atoms with E-state index in [1.165, 1.54) is 0 Å². The summed E-state index contributed by atoms with van der Waals surface area (Å²) >= 11 is 0. The molecule has 0 aliphatic carbocycles. The molecule has 0 rings (SSSR count). The van der Waals surface area contributed by atoms with E-state index in [-0.39, 0.29) is 20.1 Å². The minimum atomic E-state index is -2.19. The second-order valence-electron chi connectivity index (χ2n) is 1.72. The maximum Gasteiger partial charge on any atom is 0.0870 e. The molecule has 0 spiro atoms. The van der Waals surface area contributed by atoms with Gasteiger partial charge in [-0.3, -0.25) is 0 Å². The molecule has 0 saturated heterocycles. The van der Waals surface area contributed by atoms with Gasteiger partial charge < -0.3 is 59.4 Å². The molecular formula is C6IrO12-6. The Labute approximate surface area is 116 Å². The van der Waals surface area contributed by atoms with Crippen molar-refractivity contribution in [3.8, 4) is 0 Å². The third kappa shape index (κ3) is 31.3. The van der Waals surface area contributed by atoms with Crippen molar-refractivity contribution in [2.45, 2.75) is 0 Å². The van der Waals surface area contributed by atoms with E-state index in [4.69, 9.17) is 59.4 Å². The molecular weight excluding hydrogens is 456 g/mol. The third-order valence-electron chi connectivity index (χ3n) is 0.500. The normalized spacial score (nSPS) is 6.95. The predicted molar refractivity (Wildman–Crippen MR) is 30.0 cm³/mol. The van der Waals surface area contributed by atoms with Crippen LogP contribution >= 0.6 is 0 Å². The quantitative estimate of drug-likeness (QED) is 0.309. The van der Waals surface area contributed by atoms with Crippen LogP contribution in [0.25, 0.3) is 0 Å². The van der Waals surface area contributed by atoms with E-state index in [0.717, 1.165) is 0 Å². The molecule has 0 aromatic heterocycles. The first-order valence-corrected chi connectivity index (χ1v) is 3.20. The van der Waals surface area contributed by atoms with Crippen molar-refractivity contribution in [2.24, 2.45) is 0 Å². The van der Waals surface area contributed by atoms with E-state index in [2.05, 4.69) is 0 Å². The molecule has 19 heavy (non-hydrogen) atoms. The van der Waals surface area contributed by atoms with E-state index in [9.17, 15) is 0 Å². The van der Waals surface area contributed by atoms with Gasteiger partial charge in [-0.2, -0.15) is 0 Å². The monoisotopic (exact) mass is 457 g/mol. The van der Waals surface area contributed by atoms with Crippen LogP contribution in [0.1, 0.15) is 0 Å². The smallest absolute Gasteiger partial charge is 0.0870 e. The fourth-order valence-electron chi connectivity index (χ4n) is 0. The molecule has 0 N–H and O–H groups in total. The SMILES string of the molecule is O=C([O-])C(=O)[O-].O=C([O-])C(=O)[O-].O=C([O-])C(=O)[O-].[Ir]. The number of rotatable bonds is 0. The summed E-state index contributed by atoms with van der Waals surface area (Å²) in [6.07, 6.45) is 0. The van der Waals surface area contributed by atoms with Crippen molar-refractivity contribution in [2.75, 3.05) is 0 Å². The largest absolute Gasteiger partial charge is 0.543 e. The zero-order valence-corrected chi connectivity index (χ0v) is 10.6. The third-order valence-corrected chi connectivity index (χ3v) is 0.500. The topological polar surface area (TPSA) is 241 Å². The van der Waals surface area contributed by atoms with Gasteiger partial charge in [0.25, 0.3) is 0 Å². The van der Waals surface area contributed by atoms with Gasteiger partial charge in [0.05, 0.1) is 35.8 Å². The van der Waals surface area contributed by atoms with E-state index < -0.39 is 35.8 Å². The molecule has 111 valence electrons. The molecule has 0 aliphatic rings. The second-order valence-corrected chi connectivity index (χ2v) is 1.72. The van der Waals surface area contributed by atoms with E-state index in [1.807, 2.05) is 0 Å². The first-order chi connectivity index (χ1) is 7.93. The average Bonchev–Trinajstić information content (AvgIpc) is 2.18. The van der Waals surface area contributed by atoms with E-state index in [0.29, 0.717) is 0 Å². The standard InChI is InChI=1S/3C2H2O4.Ir/c3*3-1(4)2(5)6;/h3*(H,3,4)(H,5,6);/p-6. The Kier molecular flexibility index (Phi) is 18.1. The van der Waals surface area contributed by atoms with Crippen molar-refractivity contribution in [3.05, 3.63) is 0 Å². The van der Waals surface area contributed by atoms with Gasteiger partial charge in [0.1, 0.15) is 0 Å². The number of carbonyl (C=O) groups excluding carboxylic acids is 6. The molecule has 0 bridgehead atoms. The van der Waals surface area contributed by atoms with Crippen LogP contribution in [0.5, 0.6) is 0 Å².